The number of rotatable bonds is 5. The van der Waals surface area contributed by atoms with Gasteiger partial charge in [-0.05, 0) is 31.0 Å². The van der Waals surface area contributed by atoms with E-state index in [2.05, 4.69) is 24.4 Å². The van der Waals surface area contributed by atoms with Crippen molar-refractivity contribution in [3.05, 3.63) is 35.0 Å². The number of halogens is 1. The Balaban J connectivity index is 1.87. The van der Waals surface area contributed by atoms with E-state index in [0.29, 0.717) is 11.1 Å². The van der Waals surface area contributed by atoms with Gasteiger partial charge < -0.3 is 9.73 Å². The van der Waals surface area contributed by atoms with Gasteiger partial charge in [-0.15, -0.1) is 0 Å². The van der Waals surface area contributed by atoms with Crippen LogP contribution in [0.4, 0.5) is 0 Å². The van der Waals surface area contributed by atoms with E-state index in [4.69, 9.17) is 16.0 Å². The highest BCUT2D eigenvalue weighted by molar-refractivity contribution is 6.34. The van der Waals surface area contributed by atoms with Crippen LogP contribution in [0.5, 0.6) is 0 Å². The minimum atomic E-state index is 0.318. The molecule has 1 unspecified atom stereocenters. The maximum atomic E-state index is 6.18. The van der Waals surface area contributed by atoms with Gasteiger partial charge in [0, 0.05) is 5.39 Å². The van der Waals surface area contributed by atoms with Crippen molar-refractivity contribution in [1.29, 1.82) is 0 Å². The van der Waals surface area contributed by atoms with E-state index < -0.39 is 0 Å². The van der Waals surface area contributed by atoms with E-state index in [9.17, 15) is 0 Å². The predicted molar refractivity (Wildman–Crippen MR) is 79.6 cm³/mol. The quantitative estimate of drug-likeness (QED) is 0.838. The minimum absolute atomic E-state index is 0.318. The van der Waals surface area contributed by atoms with Crippen LogP contribution in [0.2, 0.25) is 5.02 Å². The molecule has 3 rings (SSSR count). The maximum absolute atomic E-state index is 6.18. The fourth-order valence-electron chi connectivity index (χ4n) is 2.83. The highest BCUT2D eigenvalue weighted by Crippen LogP contribution is 2.37. The van der Waals surface area contributed by atoms with Gasteiger partial charge in [-0.1, -0.05) is 49.9 Å². The Morgan fingerprint density at radius 1 is 1.42 bits per heavy atom. The smallest absolute Gasteiger partial charge is 0.152 e. The molecule has 19 heavy (non-hydrogen) atoms. The molecule has 0 radical (unpaired) electrons. The van der Waals surface area contributed by atoms with Crippen LogP contribution in [0.1, 0.15) is 44.4 Å². The van der Waals surface area contributed by atoms with E-state index in [0.717, 1.165) is 29.2 Å². The number of nitrogens with one attached hydrogen (secondary N) is 1. The topological polar surface area (TPSA) is 25.2 Å². The molecule has 3 heteroatoms. The van der Waals surface area contributed by atoms with Crippen LogP contribution in [-0.4, -0.2) is 6.54 Å². The average Bonchev–Trinajstić information content (AvgIpc) is 2.77. The van der Waals surface area contributed by atoms with Crippen LogP contribution >= 0.6 is 11.6 Å². The Morgan fingerprint density at radius 2 is 2.26 bits per heavy atom. The molecule has 2 nitrogen and oxygen atoms in total. The summed E-state index contributed by atoms with van der Waals surface area (Å²) in [5.74, 6) is 1.88. The lowest BCUT2D eigenvalue weighted by molar-refractivity contribution is 0.249. The number of para-hydroxylation sites is 1. The van der Waals surface area contributed by atoms with E-state index >= 15 is 0 Å². The van der Waals surface area contributed by atoms with Crippen molar-refractivity contribution in [2.45, 2.75) is 38.6 Å². The Kier molecular flexibility index (Phi) is 3.81. The van der Waals surface area contributed by atoms with E-state index in [-0.39, 0.29) is 0 Å². The first kappa shape index (κ1) is 13.0. The number of hydrogen-bond donors (Lipinski definition) is 1. The van der Waals surface area contributed by atoms with E-state index in [1.807, 2.05) is 12.1 Å². The summed E-state index contributed by atoms with van der Waals surface area (Å²) in [4.78, 5) is 0. The van der Waals surface area contributed by atoms with Gasteiger partial charge in [0.05, 0.1) is 11.1 Å². The number of benzene rings is 1. The third-order valence-corrected chi connectivity index (χ3v) is 4.40. The molecule has 1 atom stereocenters. The average molecular weight is 278 g/mol. The zero-order chi connectivity index (χ0) is 13.2. The number of hydrogen-bond acceptors (Lipinski definition) is 2. The summed E-state index contributed by atoms with van der Waals surface area (Å²) in [5.41, 5.74) is 0.815. The molecule has 0 bridgehead atoms. The second-order valence-electron chi connectivity index (χ2n) is 5.45. The molecule has 1 aromatic heterocycles. The Bertz CT molecular complexity index is 559. The first-order chi connectivity index (χ1) is 9.28. The summed E-state index contributed by atoms with van der Waals surface area (Å²) in [6, 6.07) is 8.36. The van der Waals surface area contributed by atoms with Gasteiger partial charge in [0.15, 0.2) is 5.58 Å². The lowest BCUT2D eigenvalue weighted by Gasteiger charge is -2.29. The first-order valence-corrected chi connectivity index (χ1v) is 7.57. The zero-order valence-electron chi connectivity index (χ0n) is 11.3. The zero-order valence-corrected chi connectivity index (χ0v) is 12.0. The monoisotopic (exact) mass is 277 g/mol. The molecule has 0 spiro atoms. The van der Waals surface area contributed by atoms with Gasteiger partial charge >= 0.3 is 0 Å². The van der Waals surface area contributed by atoms with Gasteiger partial charge in [-0.2, -0.15) is 0 Å². The van der Waals surface area contributed by atoms with Crippen molar-refractivity contribution in [3.63, 3.8) is 0 Å². The highest BCUT2D eigenvalue weighted by Gasteiger charge is 2.24. The summed E-state index contributed by atoms with van der Waals surface area (Å²) in [7, 11) is 0. The molecule has 1 aromatic carbocycles. The molecule has 102 valence electrons. The molecule has 1 fully saturated rings. The summed E-state index contributed by atoms with van der Waals surface area (Å²) in [6.07, 6.45) is 5.28. The van der Waals surface area contributed by atoms with Crippen molar-refractivity contribution in [1.82, 2.24) is 5.32 Å². The maximum Gasteiger partial charge on any atom is 0.152 e. The van der Waals surface area contributed by atoms with Crippen molar-refractivity contribution in [2.24, 2.45) is 5.92 Å². The molecular formula is C16H20ClNO. The fourth-order valence-corrected chi connectivity index (χ4v) is 3.05. The highest BCUT2D eigenvalue weighted by atomic mass is 35.5. The molecular weight excluding hydrogens is 258 g/mol. The lowest BCUT2D eigenvalue weighted by atomic mass is 9.80. The number of furan rings is 1. The Morgan fingerprint density at radius 3 is 2.89 bits per heavy atom. The van der Waals surface area contributed by atoms with Crippen LogP contribution in [-0.2, 0) is 0 Å². The van der Waals surface area contributed by atoms with Gasteiger partial charge in [0.25, 0.3) is 0 Å². The van der Waals surface area contributed by atoms with Crippen LogP contribution in [0, 0.1) is 5.92 Å². The fraction of sp³-hybridized carbons (Fsp3) is 0.500. The van der Waals surface area contributed by atoms with Gasteiger partial charge in [0.2, 0.25) is 0 Å². The molecule has 0 amide bonds. The van der Waals surface area contributed by atoms with Crippen LogP contribution in [0.15, 0.2) is 28.7 Å². The van der Waals surface area contributed by atoms with Crippen molar-refractivity contribution < 1.29 is 4.42 Å². The standard InChI is InChI=1S/C16H20ClNO/c1-2-18-14(9-11-5-3-6-11)15-10-12-7-4-8-13(17)16(12)19-15/h4,7-8,10-11,14,18H,2-3,5-6,9H2,1H3. The van der Waals surface area contributed by atoms with E-state index in [1.54, 1.807) is 0 Å². The Hall–Kier alpha value is -0.990. The molecule has 0 saturated heterocycles. The second kappa shape index (κ2) is 5.56. The summed E-state index contributed by atoms with van der Waals surface area (Å²) in [5, 5.41) is 5.33. The van der Waals surface area contributed by atoms with Gasteiger partial charge in [-0.25, -0.2) is 0 Å². The lowest BCUT2D eigenvalue weighted by Crippen LogP contribution is -2.25. The van der Waals surface area contributed by atoms with Gasteiger partial charge in [-0.3, -0.25) is 0 Å². The largest absolute Gasteiger partial charge is 0.458 e. The van der Waals surface area contributed by atoms with Crippen molar-refractivity contribution in [2.75, 3.05) is 6.54 Å². The molecule has 1 saturated carbocycles. The van der Waals surface area contributed by atoms with Crippen LogP contribution < -0.4 is 5.32 Å². The first-order valence-electron chi connectivity index (χ1n) is 7.19. The third kappa shape index (κ3) is 2.65. The molecule has 1 aliphatic rings. The normalized spacial score (nSPS) is 17.6. The molecule has 1 aliphatic carbocycles. The third-order valence-electron chi connectivity index (χ3n) is 4.10. The molecule has 0 aliphatic heterocycles. The summed E-state index contributed by atoms with van der Waals surface area (Å²) < 4.78 is 5.99. The van der Waals surface area contributed by atoms with Gasteiger partial charge in [0.1, 0.15) is 5.76 Å². The van der Waals surface area contributed by atoms with Crippen LogP contribution in [0.3, 0.4) is 0 Å². The number of fused-ring (bicyclic) bond motifs is 1. The second-order valence-corrected chi connectivity index (χ2v) is 5.86. The van der Waals surface area contributed by atoms with E-state index in [1.165, 1.54) is 25.7 Å². The Labute approximate surface area is 119 Å². The molecule has 1 N–H and O–H groups in total. The predicted octanol–water partition coefficient (Wildman–Crippen LogP) is 4.93. The summed E-state index contributed by atoms with van der Waals surface area (Å²) in [6.45, 7) is 3.10. The van der Waals surface area contributed by atoms with Crippen molar-refractivity contribution in [3.8, 4) is 0 Å². The minimum Gasteiger partial charge on any atom is -0.458 e. The van der Waals surface area contributed by atoms with Crippen molar-refractivity contribution >= 4 is 22.6 Å². The van der Waals surface area contributed by atoms with Crippen LogP contribution in [0.25, 0.3) is 11.0 Å². The molecule has 2 aromatic rings. The SMILES string of the molecule is CCNC(CC1CCC1)c1cc2cccc(Cl)c2o1. The molecule has 1 heterocycles. The summed E-state index contributed by atoms with van der Waals surface area (Å²) >= 11 is 6.18.